The van der Waals surface area contributed by atoms with Crippen LogP contribution in [0.25, 0.3) is 0 Å². The van der Waals surface area contributed by atoms with Gasteiger partial charge < -0.3 is 9.72 Å². The van der Waals surface area contributed by atoms with Crippen molar-refractivity contribution in [2.75, 3.05) is 7.11 Å². The quantitative estimate of drug-likeness (QED) is 0.798. The summed E-state index contributed by atoms with van der Waals surface area (Å²) in [7, 11) is 1.14. The van der Waals surface area contributed by atoms with E-state index in [0.29, 0.717) is 0 Å². The van der Waals surface area contributed by atoms with Crippen molar-refractivity contribution in [3.05, 3.63) is 33.2 Å². The Labute approximate surface area is 94.6 Å². The largest absolute Gasteiger partial charge is 0.469 e. The van der Waals surface area contributed by atoms with Crippen molar-refractivity contribution < 1.29 is 18.3 Å². The maximum Gasteiger partial charge on any atom is 0.311 e. The van der Waals surface area contributed by atoms with E-state index in [-0.39, 0.29) is 12.1 Å². The summed E-state index contributed by atoms with van der Waals surface area (Å²) in [6, 6.07) is 2.32. The molecule has 1 aromatic heterocycles. The smallest absolute Gasteiger partial charge is 0.311 e. The zero-order valence-electron chi connectivity index (χ0n) is 8.79. The first-order valence-corrected chi connectivity index (χ1v) is 4.50. The van der Waals surface area contributed by atoms with Crippen molar-refractivity contribution in [1.82, 2.24) is 4.98 Å². The Bertz CT molecular complexity index is 531. The molecule has 7 heteroatoms. The Kier molecular flexibility index (Phi) is 3.93. The Morgan fingerprint density at radius 3 is 2.76 bits per heavy atom. The number of carbonyl (C=O) groups excluding carboxylic acids is 1. The Balaban J connectivity index is 3.26. The average Bonchev–Trinajstić information content (AvgIpc) is 2.28. The van der Waals surface area contributed by atoms with Gasteiger partial charge in [-0.25, -0.2) is 8.78 Å². The molecule has 90 valence electrons. The standard InChI is InChI=1S/C10H8F2N2O3/c1-17-8(15)3-5-2-6(9(11)12)7(4-13)10(16)14-5/h2,9H,3H2,1H3,(H,14,16). The van der Waals surface area contributed by atoms with Crippen molar-refractivity contribution in [1.29, 1.82) is 5.26 Å². The van der Waals surface area contributed by atoms with Gasteiger partial charge in [0.05, 0.1) is 13.5 Å². The van der Waals surface area contributed by atoms with Crippen molar-refractivity contribution in [2.45, 2.75) is 12.8 Å². The summed E-state index contributed by atoms with van der Waals surface area (Å²) in [5, 5.41) is 8.57. The molecule has 0 saturated heterocycles. The topological polar surface area (TPSA) is 82.9 Å². The van der Waals surface area contributed by atoms with Crippen LogP contribution in [0.5, 0.6) is 0 Å². The summed E-state index contributed by atoms with van der Waals surface area (Å²) in [6.07, 6.45) is -3.29. The fraction of sp³-hybridized carbons (Fsp3) is 0.300. The molecule has 0 bridgehead atoms. The first-order chi connectivity index (χ1) is 7.99. The number of nitrogens with one attached hydrogen (secondary N) is 1. The molecule has 0 aliphatic carbocycles. The van der Waals surface area contributed by atoms with Crippen LogP contribution >= 0.6 is 0 Å². The highest BCUT2D eigenvalue weighted by atomic mass is 19.3. The number of hydrogen-bond donors (Lipinski definition) is 1. The zero-order valence-corrected chi connectivity index (χ0v) is 8.79. The van der Waals surface area contributed by atoms with Gasteiger partial charge in [0.2, 0.25) is 0 Å². The summed E-state index contributed by atoms with van der Waals surface area (Å²) in [5.41, 5.74) is -2.29. The van der Waals surface area contributed by atoms with Crippen LogP contribution in [-0.2, 0) is 16.0 Å². The predicted molar refractivity (Wildman–Crippen MR) is 52.5 cm³/mol. The number of nitrogens with zero attached hydrogens (tertiary/aromatic N) is 1. The molecule has 0 radical (unpaired) electrons. The molecule has 1 heterocycles. The van der Waals surface area contributed by atoms with Crippen LogP contribution in [0, 0.1) is 11.3 Å². The third-order valence-corrected chi connectivity index (χ3v) is 2.03. The molecule has 0 unspecified atom stereocenters. The van der Waals surface area contributed by atoms with E-state index in [9.17, 15) is 18.4 Å². The molecular formula is C10H8F2N2O3. The second-order valence-electron chi connectivity index (χ2n) is 3.12. The number of alkyl halides is 2. The van der Waals surface area contributed by atoms with Crippen LogP contribution < -0.4 is 5.56 Å². The van der Waals surface area contributed by atoms with Gasteiger partial charge in [0.15, 0.2) is 0 Å². The maximum atomic E-state index is 12.6. The molecule has 1 N–H and O–H groups in total. The highest BCUT2D eigenvalue weighted by Crippen LogP contribution is 2.20. The number of esters is 1. The molecule has 1 aromatic rings. The van der Waals surface area contributed by atoms with Gasteiger partial charge in [0, 0.05) is 11.3 Å². The highest BCUT2D eigenvalue weighted by molar-refractivity contribution is 5.71. The summed E-state index contributed by atoms with van der Waals surface area (Å²) >= 11 is 0. The molecule has 1 rings (SSSR count). The number of carbonyl (C=O) groups is 1. The molecule has 0 spiro atoms. The number of H-pyrrole nitrogens is 1. The molecule has 0 saturated carbocycles. The van der Waals surface area contributed by atoms with E-state index in [1.165, 1.54) is 6.07 Å². The zero-order chi connectivity index (χ0) is 13.0. The molecule has 5 nitrogen and oxygen atoms in total. The van der Waals surface area contributed by atoms with Crippen LogP contribution in [0.3, 0.4) is 0 Å². The lowest BCUT2D eigenvalue weighted by molar-refractivity contribution is -0.139. The summed E-state index contributed by atoms with van der Waals surface area (Å²) in [4.78, 5) is 24.4. The van der Waals surface area contributed by atoms with Gasteiger partial charge in [0.1, 0.15) is 11.6 Å². The van der Waals surface area contributed by atoms with E-state index >= 15 is 0 Å². The normalized spacial score (nSPS) is 10.1. The number of rotatable bonds is 3. The number of pyridine rings is 1. The fourth-order valence-corrected chi connectivity index (χ4v) is 1.25. The number of aromatic nitrogens is 1. The molecule has 0 fully saturated rings. The minimum atomic E-state index is -2.96. The highest BCUT2D eigenvalue weighted by Gasteiger charge is 2.18. The number of halogens is 2. The Morgan fingerprint density at radius 1 is 1.65 bits per heavy atom. The van der Waals surface area contributed by atoms with Crippen molar-refractivity contribution in [2.24, 2.45) is 0 Å². The second-order valence-corrected chi connectivity index (χ2v) is 3.12. The van der Waals surface area contributed by atoms with E-state index in [1.54, 1.807) is 0 Å². The first-order valence-electron chi connectivity index (χ1n) is 4.50. The predicted octanol–water partition coefficient (Wildman–Crippen LogP) is 0.900. The van der Waals surface area contributed by atoms with Crippen LogP contribution in [0.2, 0.25) is 0 Å². The van der Waals surface area contributed by atoms with Gasteiger partial charge in [-0.15, -0.1) is 0 Å². The summed E-state index contributed by atoms with van der Waals surface area (Å²) in [6.45, 7) is 0. The van der Waals surface area contributed by atoms with E-state index in [4.69, 9.17) is 5.26 Å². The van der Waals surface area contributed by atoms with Crippen LogP contribution in [0.15, 0.2) is 10.9 Å². The summed E-state index contributed by atoms with van der Waals surface area (Å²) < 4.78 is 29.5. The third-order valence-electron chi connectivity index (χ3n) is 2.03. The van der Waals surface area contributed by atoms with Gasteiger partial charge in [-0.2, -0.15) is 5.26 Å². The fourth-order valence-electron chi connectivity index (χ4n) is 1.25. The first kappa shape index (κ1) is 12.8. The van der Waals surface area contributed by atoms with Crippen LogP contribution in [0.1, 0.15) is 23.2 Å². The van der Waals surface area contributed by atoms with Gasteiger partial charge in [0.25, 0.3) is 12.0 Å². The van der Waals surface area contributed by atoms with E-state index in [1.807, 2.05) is 0 Å². The molecule has 17 heavy (non-hydrogen) atoms. The lowest BCUT2D eigenvalue weighted by atomic mass is 10.1. The lowest BCUT2D eigenvalue weighted by Crippen LogP contribution is -2.18. The molecule has 0 aromatic carbocycles. The van der Waals surface area contributed by atoms with E-state index in [2.05, 4.69) is 9.72 Å². The van der Waals surface area contributed by atoms with Crippen LogP contribution in [0.4, 0.5) is 8.78 Å². The summed E-state index contributed by atoms with van der Waals surface area (Å²) in [5.74, 6) is -0.675. The molecule has 0 aliphatic heterocycles. The van der Waals surface area contributed by atoms with Crippen LogP contribution in [-0.4, -0.2) is 18.1 Å². The van der Waals surface area contributed by atoms with Gasteiger partial charge in [-0.05, 0) is 6.07 Å². The third kappa shape index (κ3) is 2.87. The number of methoxy groups -OCH3 is 1. The number of nitriles is 1. The van der Waals surface area contributed by atoms with Crippen molar-refractivity contribution >= 4 is 5.97 Å². The monoisotopic (exact) mass is 242 g/mol. The SMILES string of the molecule is COC(=O)Cc1cc(C(F)F)c(C#N)c(=O)[nH]1. The van der Waals surface area contributed by atoms with Crippen molar-refractivity contribution in [3.8, 4) is 6.07 Å². The molecule has 0 aliphatic rings. The number of ether oxygens (including phenoxy) is 1. The number of hydrogen-bond acceptors (Lipinski definition) is 4. The van der Waals surface area contributed by atoms with Gasteiger partial charge >= 0.3 is 5.97 Å². The Hall–Kier alpha value is -2.23. The molecule has 0 amide bonds. The second kappa shape index (κ2) is 5.21. The maximum absolute atomic E-state index is 12.6. The van der Waals surface area contributed by atoms with E-state index in [0.717, 1.165) is 13.2 Å². The minimum Gasteiger partial charge on any atom is -0.469 e. The minimum absolute atomic E-state index is 0.0175. The Morgan fingerprint density at radius 2 is 2.29 bits per heavy atom. The number of aromatic amines is 1. The van der Waals surface area contributed by atoms with Gasteiger partial charge in [-0.1, -0.05) is 0 Å². The molecular weight excluding hydrogens is 234 g/mol. The average molecular weight is 242 g/mol. The van der Waals surface area contributed by atoms with Gasteiger partial charge in [-0.3, -0.25) is 9.59 Å². The lowest BCUT2D eigenvalue weighted by Gasteiger charge is -2.05. The van der Waals surface area contributed by atoms with Crippen molar-refractivity contribution in [3.63, 3.8) is 0 Å². The van der Waals surface area contributed by atoms with E-state index < -0.39 is 29.1 Å². The molecule has 0 atom stereocenters.